The molecule has 0 unspecified atom stereocenters. The van der Waals surface area contributed by atoms with Crippen molar-refractivity contribution in [2.45, 2.75) is 111 Å². The second-order valence-electron chi connectivity index (χ2n) is 13.1. The lowest BCUT2D eigenvalue weighted by Crippen LogP contribution is -2.59. The van der Waals surface area contributed by atoms with Crippen LogP contribution in [0.1, 0.15) is 80.2 Å². The van der Waals surface area contributed by atoms with E-state index < -0.39 is 59.7 Å². The fraction of sp³-hybridized carbons (Fsp3) is 0.656. The zero-order valence-corrected chi connectivity index (χ0v) is 26.5. The third kappa shape index (κ3) is 11.1. The first-order chi connectivity index (χ1) is 19.7. The number of rotatable bonds is 9. The maximum Gasteiger partial charge on any atom is 0.243 e. The van der Waals surface area contributed by atoms with Crippen molar-refractivity contribution in [2.24, 2.45) is 23.7 Å². The lowest BCUT2D eigenvalue weighted by atomic mass is 9.98. The quantitative estimate of drug-likeness (QED) is 0.302. The van der Waals surface area contributed by atoms with Crippen molar-refractivity contribution < 1.29 is 24.0 Å². The van der Waals surface area contributed by atoms with Crippen molar-refractivity contribution in [3.8, 4) is 0 Å². The zero-order valence-electron chi connectivity index (χ0n) is 26.5. The molecule has 5 amide bonds. The van der Waals surface area contributed by atoms with Crippen LogP contribution in [-0.2, 0) is 30.4 Å². The maximum atomic E-state index is 13.7. The first-order valence-corrected chi connectivity index (χ1v) is 15.2. The molecule has 234 valence electrons. The largest absolute Gasteiger partial charge is 0.343 e. The summed E-state index contributed by atoms with van der Waals surface area (Å²) >= 11 is 0. The molecule has 1 aliphatic rings. The number of hydrogen-bond donors (Lipinski definition) is 5. The predicted octanol–water partition coefficient (Wildman–Crippen LogP) is 2.46. The molecule has 10 nitrogen and oxygen atoms in total. The SMILES string of the molecule is CC(C)C[C@@H]1NC(=O)[C@H](CC(C)C)NC(=O)[C@@H](Cc2ccccc2)NC(=O)[C@@H](CC(C)C)NC(=O)[C@@H](C(C)C)NC1=O. The molecule has 1 saturated heterocycles. The summed E-state index contributed by atoms with van der Waals surface area (Å²) in [5.41, 5.74) is 0.830. The van der Waals surface area contributed by atoms with Crippen LogP contribution >= 0.6 is 0 Å². The summed E-state index contributed by atoms with van der Waals surface area (Å²) in [7, 11) is 0. The minimum atomic E-state index is -0.994. The molecular formula is C32H51N5O5. The summed E-state index contributed by atoms with van der Waals surface area (Å²) in [6.07, 6.45) is 1.21. The summed E-state index contributed by atoms with van der Waals surface area (Å²) < 4.78 is 0. The van der Waals surface area contributed by atoms with Crippen molar-refractivity contribution in [1.29, 1.82) is 0 Å². The van der Waals surface area contributed by atoms with E-state index in [2.05, 4.69) is 26.6 Å². The van der Waals surface area contributed by atoms with Crippen LogP contribution in [0.4, 0.5) is 0 Å². The molecule has 5 N–H and O–H groups in total. The van der Waals surface area contributed by atoms with Gasteiger partial charge in [0.1, 0.15) is 30.2 Å². The fourth-order valence-electron chi connectivity index (χ4n) is 5.04. The molecule has 1 heterocycles. The Morgan fingerprint density at radius 3 is 1.26 bits per heavy atom. The topological polar surface area (TPSA) is 146 Å². The van der Waals surface area contributed by atoms with E-state index in [9.17, 15) is 24.0 Å². The Morgan fingerprint density at radius 1 is 0.500 bits per heavy atom. The zero-order chi connectivity index (χ0) is 31.6. The molecule has 5 atom stereocenters. The molecule has 10 heteroatoms. The van der Waals surface area contributed by atoms with E-state index in [-0.39, 0.29) is 30.1 Å². The molecule has 0 radical (unpaired) electrons. The van der Waals surface area contributed by atoms with E-state index in [1.807, 2.05) is 85.7 Å². The second kappa shape index (κ2) is 16.3. The number of benzene rings is 1. The van der Waals surface area contributed by atoms with Crippen LogP contribution in [0, 0.1) is 23.7 Å². The Morgan fingerprint density at radius 2 is 0.857 bits per heavy atom. The standard InChI is InChI=1S/C32H51N5O5/c1-18(2)14-23-28(38)34-25(16-20(5)6)31(41)37-27(21(7)8)32(42)36-24(15-19(3)4)29(39)35-26(30(40)33-23)17-22-12-10-9-11-13-22/h9-13,18-21,23-27H,14-17H2,1-8H3,(H,33,40)(H,34,38)(H,35,39)(H,36,42)(H,37,41)/t23-,24+,25-,26+,27+/m0/s1. The monoisotopic (exact) mass is 585 g/mol. The predicted molar refractivity (Wildman–Crippen MR) is 163 cm³/mol. The maximum absolute atomic E-state index is 13.7. The summed E-state index contributed by atoms with van der Waals surface area (Å²) in [5.74, 6) is -2.57. The van der Waals surface area contributed by atoms with E-state index in [1.165, 1.54) is 0 Å². The van der Waals surface area contributed by atoms with Gasteiger partial charge in [-0.1, -0.05) is 85.7 Å². The van der Waals surface area contributed by atoms with Crippen LogP contribution in [-0.4, -0.2) is 59.7 Å². The van der Waals surface area contributed by atoms with Gasteiger partial charge < -0.3 is 26.6 Å². The molecule has 0 aromatic heterocycles. The molecule has 1 aromatic rings. The number of nitrogens with one attached hydrogen (secondary N) is 5. The van der Waals surface area contributed by atoms with Crippen LogP contribution in [0.3, 0.4) is 0 Å². The Hall–Kier alpha value is -3.43. The molecule has 0 saturated carbocycles. The minimum absolute atomic E-state index is 0.0595. The van der Waals surface area contributed by atoms with Gasteiger partial charge in [-0.3, -0.25) is 24.0 Å². The van der Waals surface area contributed by atoms with Gasteiger partial charge in [0, 0.05) is 6.42 Å². The van der Waals surface area contributed by atoms with Crippen molar-refractivity contribution in [3.05, 3.63) is 35.9 Å². The molecule has 0 aliphatic carbocycles. The third-order valence-corrected chi connectivity index (χ3v) is 7.18. The van der Waals surface area contributed by atoms with E-state index >= 15 is 0 Å². The summed E-state index contributed by atoms with van der Waals surface area (Å²) in [6.45, 7) is 15.3. The van der Waals surface area contributed by atoms with Crippen LogP contribution in [0.5, 0.6) is 0 Å². The van der Waals surface area contributed by atoms with Gasteiger partial charge in [0.15, 0.2) is 0 Å². The molecule has 0 spiro atoms. The smallest absolute Gasteiger partial charge is 0.243 e. The molecule has 0 bridgehead atoms. The minimum Gasteiger partial charge on any atom is -0.343 e. The van der Waals surface area contributed by atoms with Crippen LogP contribution in [0.15, 0.2) is 30.3 Å². The highest BCUT2D eigenvalue weighted by Gasteiger charge is 2.36. The number of hydrogen-bond acceptors (Lipinski definition) is 5. The van der Waals surface area contributed by atoms with Gasteiger partial charge >= 0.3 is 0 Å². The Labute approximate surface area is 250 Å². The van der Waals surface area contributed by atoms with Gasteiger partial charge in [-0.2, -0.15) is 0 Å². The van der Waals surface area contributed by atoms with E-state index in [1.54, 1.807) is 0 Å². The average Bonchev–Trinajstić information content (AvgIpc) is 2.89. The summed E-state index contributed by atoms with van der Waals surface area (Å²) in [5, 5.41) is 14.2. The summed E-state index contributed by atoms with van der Waals surface area (Å²) in [6, 6.07) is 4.61. The van der Waals surface area contributed by atoms with Crippen molar-refractivity contribution in [2.75, 3.05) is 0 Å². The molecule has 1 aliphatic heterocycles. The highest BCUT2D eigenvalue weighted by atomic mass is 16.2. The second-order valence-corrected chi connectivity index (χ2v) is 13.1. The van der Waals surface area contributed by atoms with E-state index in [0.29, 0.717) is 19.3 Å². The number of amides is 5. The molecule has 2 rings (SSSR count). The average molecular weight is 586 g/mol. The number of carbonyl (C=O) groups is 5. The lowest BCUT2D eigenvalue weighted by molar-refractivity contribution is -0.135. The van der Waals surface area contributed by atoms with Gasteiger partial charge in [0.2, 0.25) is 29.5 Å². The third-order valence-electron chi connectivity index (χ3n) is 7.18. The Bertz CT molecular complexity index is 1070. The van der Waals surface area contributed by atoms with Crippen LogP contribution in [0.25, 0.3) is 0 Å². The first kappa shape index (κ1) is 34.8. The van der Waals surface area contributed by atoms with E-state index in [0.717, 1.165) is 5.56 Å². The van der Waals surface area contributed by atoms with Gasteiger partial charge in [-0.15, -0.1) is 0 Å². The highest BCUT2D eigenvalue weighted by Crippen LogP contribution is 2.14. The number of carbonyl (C=O) groups excluding carboxylic acids is 5. The Kier molecular flexibility index (Phi) is 13.5. The van der Waals surface area contributed by atoms with Gasteiger partial charge in [-0.25, -0.2) is 0 Å². The molecule has 42 heavy (non-hydrogen) atoms. The normalized spacial score (nSPS) is 25.0. The fourth-order valence-corrected chi connectivity index (χ4v) is 5.04. The molecular weight excluding hydrogens is 534 g/mol. The molecule has 1 aromatic carbocycles. The van der Waals surface area contributed by atoms with Gasteiger partial charge in [0.25, 0.3) is 0 Å². The first-order valence-electron chi connectivity index (χ1n) is 15.2. The lowest BCUT2D eigenvalue weighted by Gasteiger charge is -2.28. The van der Waals surface area contributed by atoms with Crippen molar-refractivity contribution >= 4 is 29.5 Å². The Balaban J connectivity index is 2.59. The highest BCUT2D eigenvalue weighted by molar-refractivity contribution is 5.98. The van der Waals surface area contributed by atoms with Crippen LogP contribution < -0.4 is 26.6 Å². The van der Waals surface area contributed by atoms with Gasteiger partial charge in [0.05, 0.1) is 0 Å². The van der Waals surface area contributed by atoms with Crippen LogP contribution in [0.2, 0.25) is 0 Å². The van der Waals surface area contributed by atoms with Gasteiger partial charge in [-0.05, 0) is 48.5 Å². The van der Waals surface area contributed by atoms with E-state index in [4.69, 9.17) is 0 Å². The molecule has 1 fully saturated rings. The summed E-state index contributed by atoms with van der Waals surface area (Å²) in [4.78, 5) is 68.0. The van der Waals surface area contributed by atoms with Crippen molar-refractivity contribution in [1.82, 2.24) is 26.6 Å². The van der Waals surface area contributed by atoms with Crippen molar-refractivity contribution in [3.63, 3.8) is 0 Å².